The van der Waals surface area contributed by atoms with E-state index in [2.05, 4.69) is 12.2 Å². The van der Waals surface area contributed by atoms with Crippen LogP contribution < -0.4 is 5.32 Å². The Hall–Kier alpha value is -1.32. The minimum absolute atomic E-state index is 0.146. The molecule has 2 rings (SSSR count). The predicted molar refractivity (Wildman–Crippen MR) is 79.6 cm³/mol. The monoisotopic (exact) mass is 295 g/mol. The van der Waals surface area contributed by atoms with E-state index in [9.17, 15) is 4.39 Å². The summed E-state index contributed by atoms with van der Waals surface area (Å²) in [6, 6.07) is 6.24. The molecule has 1 heterocycles. The van der Waals surface area contributed by atoms with Crippen LogP contribution in [0.1, 0.15) is 43.2 Å². The Morgan fingerprint density at radius 3 is 2.75 bits per heavy atom. The number of benzene rings is 1. The maximum Gasteiger partial charge on any atom is 0.123 e. The fourth-order valence-corrected chi connectivity index (χ4v) is 2.53. The van der Waals surface area contributed by atoms with Gasteiger partial charge in [-0.2, -0.15) is 0 Å². The van der Waals surface area contributed by atoms with Gasteiger partial charge in [-0.25, -0.2) is 4.39 Å². The summed E-state index contributed by atoms with van der Waals surface area (Å²) in [4.78, 5) is 0. The molecular formula is C16H19ClFNO. The molecule has 1 unspecified atom stereocenters. The average Bonchev–Trinajstić information content (AvgIpc) is 2.91. The van der Waals surface area contributed by atoms with E-state index in [1.165, 1.54) is 12.1 Å². The van der Waals surface area contributed by atoms with Crippen molar-refractivity contribution in [2.24, 2.45) is 0 Å². The Labute approximate surface area is 123 Å². The molecule has 2 nitrogen and oxygen atoms in total. The standard InChI is InChI=1S/C16H19ClFNO/c1-3-8-19-16(12-7-9-20-15(12)4-2)13-10-11(18)5-6-14(13)17/h5-7,9-10,16,19H,3-4,8H2,1-2H3. The highest BCUT2D eigenvalue weighted by Gasteiger charge is 2.21. The summed E-state index contributed by atoms with van der Waals surface area (Å²) in [5, 5.41) is 3.98. The molecule has 2 aromatic rings. The third kappa shape index (κ3) is 3.22. The molecule has 0 aliphatic heterocycles. The Kier molecular flexibility index (Phi) is 5.21. The zero-order valence-electron chi connectivity index (χ0n) is 11.7. The molecule has 1 aromatic carbocycles. The summed E-state index contributed by atoms with van der Waals surface area (Å²) < 4.78 is 19.0. The van der Waals surface area contributed by atoms with Crippen LogP contribution in [0.15, 0.2) is 34.9 Å². The summed E-state index contributed by atoms with van der Waals surface area (Å²) >= 11 is 6.25. The van der Waals surface area contributed by atoms with Crippen molar-refractivity contribution in [1.29, 1.82) is 0 Å². The van der Waals surface area contributed by atoms with Crippen molar-refractivity contribution in [2.75, 3.05) is 6.54 Å². The van der Waals surface area contributed by atoms with Gasteiger partial charge in [-0.15, -0.1) is 0 Å². The lowest BCUT2D eigenvalue weighted by molar-refractivity contribution is 0.499. The lowest BCUT2D eigenvalue weighted by Crippen LogP contribution is -2.24. The van der Waals surface area contributed by atoms with Gasteiger partial charge in [0.1, 0.15) is 11.6 Å². The molecule has 0 aliphatic rings. The van der Waals surface area contributed by atoms with Crippen molar-refractivity contribution >= 4 is 11.6 Å². The lowest BCUT2D eigenvalue weighted by Gasteiger charge is -2.20. The van der Waals surface area contributed by atoms with Gasteiger partial charge < -0.3 is 9.73 Å². The van der Waals surface area contributed by atoms with Crippen LogP contribution in [-0.2, 0) is 6.42 Å². The zero-order chi connectivity index (χ0) is 14.5. The van der Waals surface area contributed by atoms with E-state index in [4.69, 9.17) is 16.0 Å². The van der Waals surface area contributed by atoms with Crippen LogP contribution in [0.3, 0.4) is 0 Å². The maximum absolute atomic E-state index is 13.5. The van der Waals surface area contributed by atoms with Crippen molar-refractivity contribution in [3.8, 4) is 0 Å². The van der Waals surface area contributed by atoms with Gasteiger partial charge in [-0.3, -0.25) is 0 Å². The van der Waals surface area contributed by atoms with Gasteiger partial charge in [0, 0.05) is 17.0 Å². The van der Waals surface area contributed by atoms with Gasteiger partial charge in [0.2, 0.25) is 0 Å². The highest BCUT2D eigenvalue weighted by Crippen LogP contribution is 2.31. The third-order valence-corrected chi connectivity index (χ3v) is 3.62. The summed E-state index contributed by atoms with van der Waals surface area (Å²) in [5.41, 5.74) is 1.77. The molecule has 0 radical (unpaired) electrons. The average molecular weight is 296 g/mol. The quantitative estimate of drug-likeness (QED) is 0.834. The van der Waals surface area contributed by atoms with Crippen LogP contribution in [0.5, 0.6) is 0 Å². The summed E-state index contributed by atoms with van der Waals surface area (Å²) in [5.74, 6) is 0.619. The van der Waals surface area contributed by atoms with Crippen LogP contribution in [0.4, 0.5) is 4.39 Å². The second kappa shape index (κ2) is 6.91. The Balaban J connectivity index is 2.44. The van der Waals surface area contributed by atoms with Gasteiger partial charge in [-0.05, 0) is 42.8 Å². The Morgan fingerprint density at radius 1 is 1.25 bits per heavy atom. The smallest absolute Gasteiger partial charge is 0.123 e. The number of nitrogens with one attached hydrogen (secondary N) is 1. The first-order valence-electron chi connectivity index (χ1n) is 6.92. The van der Waals surface area contributed by atoms with Crippen molar-refractivity contribution in [2.45, 2.75) is 32.7 Å². The number of furan rings is 1. The topological polar surface area (TPSA) is 25.2 Å². The molecular weight excluding hydrogens is 277 g/mol. The molecule has 0 saturated carbocycles. The fourth-order valence-electron chi connectivity index (χ4n) is 2.31. The van der Waals surface area contributed by atoms with Crippen LogP contribution in [-0.4, -0.2) is 6.54 Å². The van der Waals surface area contributed by atoms with Crippen LogP contribution in [0, 0.1) is 5.82 Å². The molecule has 0 amide bonds. The zero-order valence-corrected chi connectivity index (χ0v) is 12.5. The molecule has 1 atom stereocenters. The van der Waals surface area contributed by atoms with E-state index in [0.29, 0.717) is 5.02 Å². The molecule has 0 aliphatic carbocycles. The highest BCUT2D eigenvalue weighted by molar-refractivity contribution is 6.31. The molecule has 0 bridgehead atoms. The van der Waals surface area contributed by atoms with Gasteiger partial charge in [0.25, 0.3) is 0 Å². The number of hydrogen-bond acceptors (Lipinski definition) is 2. The van der Waals surface area contributed by atoms with E-state index in [-0.39, 0.29) is 11.9 Å². The minimum Gasteiger partial charge on any atom is -0.469 e. The van der Waals surface area contributed by atoms with Crippen molar-refractivity contribution < 1.29 is 8.81 Å². The summed E-state index contributed by atoms with van der Waals surface area (Å²) in [6.07, 6.45) is 3.45. The minimum atomic E-state index is -0.283. The molecule has 0 saturated heterocycles. The van der Waals surface area contributed by atoms with Gasteiger partial charge >= 0.3 is 0 Å². The van der Waals surface area contributed by atoms with Gasteiger partial charge in [0.15, 0.2) is 0 Å². The van der Waals surface area contributed by atoms with Crippen molar-refractivity contribution in [1.82, 2.24) is 5.32 Å². The second-order valence-electron chi connectivity index (χ2n) is 4.71. The van der Waals surface area contributed by atoms with Crippen LogP contribution >= 0.6 is 11.6 Å². The first-order chi connectivity index (χ1) is 9.67. The molecule has 1 aromatic heterocycles. The first-order valence-corrected chi connectivity index (χ1v) is 7.29. The molecule has 4 heteroatoms. The number of hydrogen-bond donors (Lipinski definition) is 1. The number of aryl methyl sites for hydroxylation is 1. The van der Waals surface area contributed by atoms with Crippen LogP contribution in [0.25, 0.3) is 0 Å². The summed E-state index contributed by atoms with van der Waals surface area (Å²) in [6.45, 7) is 4.95. The second-order valence-corrected chi connectivity index (χ2v) is 5.11. The Bertz CT molecular complexity index is 567. The molecule has 1 N–H and O–H groups in total. The highest BCUT2D eigenvalue weighted by atomic mass is 35.5. The molecule has 0 spiro atoms. The van der Waals surface area contributed by atoms with Gasteiger partial charge in [-0.1, -0.05) is 25.4 Å². The molecule has 108 valence electrons. The fraction of sp³-hybridized carbons (Fsp3) is 0.375. The third-order valence-electron chi connectivity index (χ3n) is 3.28. The van der Waals surface area contributed by atoms with Gasteiger partial charge in [0.05, 0.1) is 12.3 Å². The Morgan fingerprint density at radius 2 is 2.05 bits per heavy atom. The van der Waals surface area contributed by atoms with Crippen molar-refractivity contribution in [3.05, 3.63) is 58.3 Å². The van der Waals surface area contributed by atoms with Crippen LogP contribution in [0.2, 0.25) is 5.02 Å². The van der Waals surface area contributed by atoms with Crippen molar-refractivity contribution in [3.63, 3.8) is 0 Å². The van der Waals surface area contributed by atoms with E-state index in [1.54, 1.807) is 12.3 Å². The number of halogens is 2. The van der Waals surface area contributed by atoms with E-state index < -0.39 is 0 Å². The number of rotatable bonds is 6. The normalized spacial score (nSPS) is 12.6. The van der Waals surface area contributed by atoms with E-state index in [1.807, 2.05) is 13.0 Å². The SMILES string of the molecule is CCCNC(c1cc(F)ccc1Cl)c1ccoc1CC. The summed E-state index contributed by atoms with van der Waals surface area (Å²) in [7, 11) is 0. The lowest BCUT2D eigenvalue weighted by atomic mass is 9.98. The molecule has 20 heavy (non-hydrogen) atoms. The first kappa shape index (κ1) is 15.1. The van der Waals surface area contributed by atoms with E-state index in [0.717, 1.165) is 36.3 Å². The predicted octanol–water partition coefficient (Wildman–Crippen LogP) is 4.72. The van der Waals surface area contributed by atoms with E-state index >= 15 is 0 Å². The molecule has 0 fully saturated rings. The maximum atomic E-state index is 13.5. The largest absolute Gasteiger partial charge is 0.469 e.